The molecule has 0 aliphatic carbocycles. The van der Waals surface area contributed by atoms with Crippen molar-refractivity contribution >= 4 is 40.3 Å². The zero-order valence-electron chi connectivity index (χ0n) is 16.3. The van der Waals surface area contributed by atoms with Crippen LogP contribution in [0.4, 0.5) is 11.4 Å². The van der Waals surface area contributed by atoms with Crippen molar-refractivity contribution in [2.45, 2.75) is 26.7 Å². The second-order valence-electron chi connectivity index (χ2n) is 6.78. The molecule has 2 N–H and O–H groups in total. The van der Waals surface area contributed by atoms with Gasteiger partial charge in [0.05, 0.1) is 4.88 Å². The van der Waals surface area contributed by atoms with Crippen LogP contribution in [0.15, 0.2) is 60.0 Å². The Bertz CT molecular complexity index is 1040. The summed E-state index contributed by atoms with van der Waals surface area (Å²) in [6, 6.07) is 16.1. The Hall–Kier alpha value is -3.25. The third kappa shape index (κ3) is 5.62. The van der Waals surface area contributed by atoms with Crippen molar-refractivity contribution in [1.82, 2.24) is 0 Å². The van der Waals surface area contributed by atoms with E-state index in [0.29, 0.717) is 21.8 Å². The molecule has 3 aromatic rings. The molecule has 0 bridgehead atoms. The van der Waals surface area contributed by atoms with E-state index in [-0.39, 0.29) is 30.4 Å². The Morgan fingerprint density at radius 3 is 2.28 bits per heavy atom. The lowest BCUT2D eigenvalue weighted by Crippen LogP contribution is -2.14. The number of hydrogen-bond acceptors (Lipinski definition) is 4. The quantitative estimate of drug-likeness (QED) is 0.528. The van der Waals surface area contributed by atoms with Gasteiger partial charge in [0.2, 0.25) is 5.91 Å². The van der Waals surface area contributed by atoms with E-state index in [0.717, 1.165) is 11.1 Å². The molecule has 0 saturated carbocycles. The number of Topliss-reactive ketones (excluding diaryl/α,β-unsaturated/α-hetero) is 1. The number of anilines is 2. The number of carbonyl (C=O) groups excluding carboxylic acids is 3. The highest BCUT2D eigenvalue weighted by atomic mass is 32.1. The van der Waals surface area contributed by atoms with Crippen LogP contribution >= 0.6 is 11.3 Å². The summed E-state index contributed by atoms with van der Waals surface area (Å²) >= 11 is 1.36. The molecule has 0 saturated heterocycles. The molecule has 29 heavy (non-hydrogen) atoms. The summed E-state index contributed by atoms with van der Waals surface area (Å²) in [5.41, 5.74) is 3.97. The summed E-state index contributed by atoms with van der Waals surface area (Å²) < 4.78 is 0. The minimum Gasteiger partial charge on any atom is -0.326 e. The fourth-order valence-electron chi connectivity index (χ4n) is 2.78. The summed E-state index contributed by atoms with van der Waals surface area (Å²) in [5.74, 6) is -0.494. The topological polar surface area (TPSA) is 75.3 Å². The van der Waals surface area contributed by atoms with Crippen molar-refractivity contribution in [1.29, 1.82) is 0 Å². The van der Waals surface area contributed by atoms with Crippen LogP contribution in [0.25, 0.3) is 0 Å². The van der Waals surface area contributed by atoms with Gasteiger partial charge in [0.15, 0.2) is 5.78 Å². The van der Waals surface area contributed by atoms with E-state index in [1.54, 1.807) is 36.4 Å². The molecular formula is C23H22N2O3S. The van der Waals surface area contributed by atoms with Crippen molar-refractivity contribution in [2.24, 2.45) is 0 Å². The van der Waals surface area contributed by atoms with Gasteiger partial charge in [0, 0.05) is 29.8 Å². The van der Waals surface area contributed by atoms with E-state index in [2.05, 4.69) is 10.6 Å². The largest absolute Gasteiger partial charge is 0.326 e. The van der Waals surface area contributed by atoms with Gasteiger partial charge in [0.1, 0.15) is 0 Å². The molecule has 2 amide bonds. The summed E-state index contributed by atoms with van der Waals surface area (Å²) in [6.07, 6.45) is 0.237. The smallest absolute Gasteiger partial charge is 0.265 e. The Balaban J connectivity index is 1.54. The van der Waals surface area contributed by atoms with E-state index in [4.69, 9.17) is 0 Å². The minimum atomic E-state index is -0.246. The highest BCUT2D eigenvalue weighted by Crippen LogP contribution is 2.18. The number of ketones is 1. The van der Waals surface area contributed by atoms with Crippen molar-refractivity contribution < 1.29 is 14.4 Å². The number of aryl methyl sites for hydroxylation is 2. The minimum absolute atomic E-state index is 0.0554. The fraction of sp³-hybridized carbons (Fsp3) is 0.174. The summed E-state index contributed by atoms with van der Waals surface area (Å²) in [6.45, 7) is 3.96. The summed E-state index contributed by atoms with van der Waals surface area (Å²) in [5, 5.41) is 7.42. The van der Waals surface area contributed by atoms with Crippen LogP contribution in [0, 0.1) is 13.8 Å². The molecule has 1 heterocycles. The molecule has 6 heteroatoms. The van der Waals surface area contributed by atoms with Crippen LogP contribution in [-0.4, -0.2) is 17.6 Å². The van der Waals surface area contributed by atoms with Gasteiger partial charge in [-0.15, -0.1) is 11.3 Å². The van der Waals surface area contributed by atoms with Gasteiger partial charge in [0.25, 0.3) is 5.91 Å². The molecule has 0 aliphatic heterocycles. The summed E-state index contributed by atoms with van der Waals surface area (Å²) in [7, 11) is 0. The summed E-state index contributed by atoms with van der Waals surface area (Å²) in [4.78, 5) is 37.3. The molecule has 2 aromatic carbocycles. The lowest BCUT2D eigenvalue weighted by molar-refractivity contribution is -0.116. The molecule has 5 nitrogen and oxygen atoms in total. The molecule has 0 fully saturated rings. The van der Waals surface area contributed by atoms with Crippen molar-refractivity contribution in [3.8, 4) is 0 Å². The van der Waals surface area contributed by atoms with Crippen LogP contribution < -0.4 is 10.6 Å². The zero-order valence-corrected chi connectivity index (χ0v) is 17.1. The molecule has 1 aromatic heterocycles. The molecule has 0 unspecified atom stereocenters. The lowest BCUT2D eigenvalue weighted by Gasteiger charge is -2.09. The first-order chi connectivity index (χ1) is 13.9. The molecule has 0 aliphatic rings. The second kappa shape index (κ2) is 9.30. The van der Waals surface area contributed by atoms with Crippen LogP contribution in [0.3, 0.4) is 0 Å². The average molecular weight is 407 g/mol. The molecule has 0 atom stereocenters. The first-order valence-corrected chi connectivity index (χ1v) is 10.2. The third-order valence-electron chi connectivity index (χ3n) is 4.56. The number of rotatable bonds is 7. The van der Waals surface area contributed by atoms with Crippen LogP contribution in [0.2, 0.25) is 0 Å². The average Bonchev–Trinajstić information content (AvgIpc) is 3.23. The maximum absolute atomic E-state index is 12.3. The maximum Gasteiger partial charge on any atom is 0.265 e. The predicted molar refractivity (Wildman–Crippen MR) is 117 cm³/mol. The number of amides is 2. The van der Waals surface area contributed by atoms with E-state index < -0.39 is 0 Å². The molecule has 148 valence electrons. The van der Waals surface area contributed by atoms with Crippen molar-refractivity contribution in [2.75, 3.05) is 10.6 Å². The van der Waals surface area contributed by atoms with Crippen LogP contribution in [-0.2, 0) is 4.79 Å². The van der Waals surface area contributed by atoms with Gasteiger partial charge in [-0.1, -0.05) is 24.3 Å². The SMILES string of the molecule is Cc1ccc(C(=O)CCC(=O)Nc2cccc(NC(=O)c3cccs3)c2)cc1C. The Morgan fingerprint density at radius 2 is 1.59 bits per heavy atom. The Morgan fingerprint density at radius 1 is 0.828 bits per heavy atom. The van der Waals surface area contributed by atoms with Crippen molar-refractivity contribution in [3.05, 3.63) is 81.5 Å². The van der Waals surface area contributed by atoms with Crippen LogP contribution in [0.1, 0.15) is 44.0 Å². The van der Waals surface area contributed by atoms with Gasteiger partial charge in [-0.05, 0) is 60.7 Å². The fourth-order valence-corrected chi connectivity index (χ4v) is 3.40. The number of benzene rings is 2. The number of hydrogen-bond donors (Lipinski definition) is 2. The number of nitrogens with one attached hydrogen (secondary N) is 2. The van der Waals surface area contributed by atoms with Gasteiger partial charge in [-0.3, -0.25) is 14.4 Å². The highest BCUT2D eigenvalue weighted by Gasteiger charge is 2.11. The number of thiophene rings is 1. The second-order valence-corrected chi connectivity index (χ2v) is 7.73. The molecular weight excluding hydrogens is 384 g/mol. The lowest BCUT2D eigenvalue weighted by atomic mass is 10.0. The van der Waals surface area contributed by atoms with E-state index in [9.17, 15) is 14.4 Å². The first kappa shape index (κ1) is 20.5. The monoisotopic (exact) mass is 406 g/mol. The highest BCUT2D eigenvalue weighted by molar-refractivity contribution is 7.12. The van der Waals surface area contributed by atoms with E-state index >= 15 is 0 Å². The zero-order chi connectivity index (χ0) is 20.8. The number of carbonyl (C=O) groups is 3. The van der Waals surface area contributed by atoms with Gasteiger partial charge in [-0.2, -0.15) is 0 Å². The molecule has 3 rings (SSSR count). The normalized spacial score (nSPS) is 10.4. The first-order valence-electron chi connectivity index (χ1n) is 9.27. The van der Waals surface area contributed by atoms with Crippen LogP contribution in [0.5, 0.6) is 0 Å². The van der Waals surface area contributed by atoms with E-state index in [1.165, 1.54) is 11.3 Å². The molecule has 0 radical (unpaired) electrons. The van der Waals surface area contributed by atoms with Gasteiger partial charge < -0.3 is 10.6 Å². The van der Waals surface area contributed by atoms with E-state index in [1.807, 2.05) is 37.4 Å². The standard InChI is InChI=1S/C23H22N2O3S/c1-15-8-9-17(13-16(15)2)20(26)10-11-22(27)24-18-5-3-6-19(14-18)25-23(28)21-7-4-12-29-21/h3-9,12-14H,10-11H2,1-2H3,(H,24,27)(H,25,28). The van der Waals surface area contributed by atoms with Gasteiger partial charge >= 0.3 is 0 Å². The Kier molecular flexibility index (Phi) is 6.57. The maximum atomic E-state index is 12.3. The predicted octanol–water partition coefficient (Wildman–Crippen LogP) is 5.22. The molecule has 0 spiro atoms. The third-order valence-corrected chi connectivity index (χ3v) is 5.43. The van der Waals surface area contributed by atoms with Crippen molar-refractivity contribution in [3.63, 3.8) is 0 Å². The Labute approximate surface area is 173 Å². The van der Waals surface area contributed by atoms with Gasteiger partial charge in [-0.25, -0.2) is 0 Å².